The fraction of sp³-hybridized carbons (Fsp3) is 0.286. The third kappa shape index (κ3) is 2.62. The maximum atomic E-state index is 13.9. The second kappa shape index (κ2) is 5.67. The molecule has 0 fully saturated rings. The van der Waals surface area contributed by atoms with E-state index in [1.54, 1.807) is 5.38 Å². The normalized spacial score (nSPS) is 12.5. The summed E-state index contributed by atoms with van der Waals surface area (Å²) in [5.74, 6) is -1.52. The van der Waals surface area contributed by atoms with Gasteiger partial charge in [-0.1, -0.05) is 6.92 Å². The van der Waals surface area contributed by atoms with Crippen LogP contribution in [0.25, 0.3) is 0 Å². The molecule has 1 N–H and O–H groups in total. The zero-order valence-corrected chi connectivity index (χ0v) is 11.4. The third-order valence-corrected chi connectivity index (χ3v) is 3.98. The SMILES string of the molecule is CCc1ccsc1C(O)c1c(F)cc(OC)cc1F. The van der Waals surface area contributed by atoms with Crippen LogP contribution in [0.3, 0.4) is 0 Å². The van der Waals surface area contributed by atoms with Crippen LogP contribution < -0.4 is 4.74 Å². The molecule has 0 bridgehead atoms. The van der Waals surface area contributed by atoms with Crippen molar-refractivity contribution in [3.05, 3.63) is 51.2 Å². The molecule has 0 saturated carbocycles. The van der Waals surface area contributed by atoms with E-state index < -0.39 is 17.7 Å². The lowest BCUT2D eigenvalue weighted by atomic mass is 10.0. The summed E-state index contributed by atoms with van der Waals surface area (Å²) in [5.41, 5.74) is 0.560. The molecule has 1 atom stereocenters. The van der Waals surface area contributed by atoms with Gasteiger partial charge in [-0.25, -0.2) is 8.78 Å². The van der Waals surface area contributed by atoms with Gasteiger partial charge in [-0.3, -0.25) is 0 Å². The van der Waals surface area contributed by atoms with Gasteiger partial charge in [0.2, 0.25) is 0 Å². The van der Waals surface area contributed by atoms with Crippen molar-refractivity contribution in [3.8, 4) is 5.75 Å². The van der Waals surface area contributed by atoms with Crippen LogP contribution in [0.5, 0.6) is 5.75 Å². The van der Waals surface area contributed by atoms with E-state index in [9.17, 15) is 13.9 Å². The standard InChI is InChI=1S/C14H14F2O2S/c1-3-8-4-5-19-14(8)13(17)12-10(15)6-9(18-2)7-11(12)16/h4-7,13,17H,3H2,1-2H3. The Kier molecular flexibility index (Phi) is 4.17. The summed E-state index contributed by atoms with van der Waals surface area (Å²) in [6, 6.07) is 3.99. The smallest absolute Gasteiger partial charge is 0.136 e. The van der Waals surface area contributed by atoms with Crippen LogP contribution in [0.2, 0.25) is 0 Å². The monoisotopic (exact) mass is 284 g/mol. The van der Waals surface area contributed by atoms with Crippen molar-refractivity contribution >= 4 is 11.3 Å². The van der Waals surface area contributed by atoms with E-state index in [1.807, 2.05) is 13.0 Å². The minimum absolute atomic E-state index is 0.0906. The van der Waals surface area contributed by atoms with Gasteiger partial charge >= 0.3 is 0 Å². The number of halogens is 2. The van der Waals surface area contributed by atoms with Crippen LogP contribution in [0.1, 0.15) is 29.0 Å². The Hall–Kier alpha value is -1.46. The van der Waals surface area contributed by atoms with Gasteiger partial charge in [0.25, 0.3) is 0 Å². The van der Waals surface area contributed by atoms with Gasteiger partial charge in [0.15, 0.2) is 0 Å². The fourth-order valence-electron chi connectivity index (χ4n) is 1.95. The van der Waals surface area contributed by atoms with Crippen LogP contribution in [-0.4, -0.2) is 12.2 Å². The quantitative estimate of drug-likeness (QED) is 0.928. The second-order valence-corrected chi connectivity index (χ2v) is 5.02. The average molecular weight is 284 g/mol. The van der Waals surface area contributed by atoms with Crippen molar-refractivity contribution in [3.63, 3.8) is 0 Å². The van der Waals surface area contributed by atoms with Crippen molar-refractivity contribution in [1.29, 1.82) is 0 Å². The molecule has 19 heavy (non-hydrogen) atoms. The Morgan fingerprint density at radius 2 is 1.95 bits per heavy atom. The topological polar surface area (TPSA) is 29.5 Å². The first-order valence-corrected chi connectivity index (χ1v) is 6.73. The highest BCUT2D eigenvalue weighted by Gasteiger charge is 2.23. The summed E-state index contributed by atoms with van der Waals surface area (Å²) >= 11 is 1.29. The van der Waals surface area contributed by atoms with Gasteiger partial charge in [0.1, 0.15) is 23.5 Å². The lowest BCUT2D eigenvalue weighted by molar-refractivity contribution is 0.211. The molecule has 0 radical (unpaired) electrons. The van der Waals surface area contributed by atoms with E-state index in [2.05, 4.69) is 0 Å². The zero-order chi connectivity index (χ0) is 14.0. The van der Waals surface area contributed by atoms with E-state index in [0.29, 0.717) is 11.3 Å². The number of rotatable bonds is 4. The number of ether oxygens (including phenoxy) is 1. The Morgan fingerprint density at radius 1 is 1.32 bits per heavy atom. The number of methoxy groups -OCH3 is 1. The number of benzene rings is 1. The highest BCUT2D eigenvalue weighted by molar-refractivity contribution is 7.10. The first-order valence-electron chi connectivity index (χ1n) is 5.85. The number of hydrogen-bond donors (Lipinski definition) is 1. The molecule has 1 heterocycles. The molecule has 0 spiro atoms. The molecule has 0 aliphatic rings. The molecule has 0 aliphatic carbocycles. The highest BCUT2D eigenvalue weighted by atomic mass is 32.1. The van der Waals surface area contributed by atoms with Gasteiger partial charge in [0.05, 0.1) is 12.7 Å². The molecule has 0 aliphatic heterocycles. The van der Waals surface area contributed by atoms with Crippen LogP contribution in [0, 0.1) is 11.6 Å². The molecule has 1 aromatic carbocycles. The van der Waals surface area contributed by atoms with Crippen LogP contribution in [-0.2, 0) is 6.42 Å². The van der Waals surface area contributed by atoms with Crippen LogP contribution >= 0.6 is 11.3 Å². The molecular weight excluding hydrogens is 270 g/mol. The average Bonchev–Trinajstić information content (AvgIpc) is 2.85. The molecule has 1 unspecified atom stereocenters. The van der Waals surface area contributed by atoms with E-state index >= 15 is 0 Å². The maximum absolute atomic E-state index is 13.9. The Balaban J connectivity index is 2.47. The molecule has 2 rings (SSSR count). The van der Waals surface area contributed by atoms with Gasteiger partial charge in [0, 0.05) is 17.0 Å². The molecule has 0 saturated heterocycles. The van der Waals surface area contributed by atoms with Crippen molar-refractivity contribution in [2.45, 2.75) is 19.4 Å². The molecule has 5 heteroatoms. The predicted molar refractivity (Wildman–Crippen MR) is 70.7 cm³/mol. The Labute approximate surface area is 114 Å². The van der Waals surface area contributed by atoms with Crippen molar-refractivity contribution < 1.29 is 18.6 Å². The van der Waals surface area contributed by atoms with E-state index in [1.165, 1.54) is 18.4 Å². The lowest BCUT2D eigenvalue weighted by Gasteiger charge is -2.14. The second-order valence-electron chi connectivity index (χ2n) is 4.07. The number of thiophene rings is 1. The Morgan fingerprint density at radius 3 is 2.47 bits per heavy atom. The predicted octanol–water partition coefficient (Wildman–Crippen LogP) is 3.68. The molecule has 0 amide bonds. The lowest BCUT2D eigenvalue weighted by Crippen LogP contribution is -2.06. The minimum atomic E-state index is -1.29. The number of aliphatic hydroxyl groups is 1. The molecule has 1 aromatic heterocycles. The minimum Gasteiger partial charge on any atom is -0.497 e. The van der Waals surface area contributed by atoms with Crippen LogP contribution in [0.15, 0.2) is 23.6 Å². The summed E-state index contributed by atoms with van der Waals surface area (Å²) in [7, 11) is 1.33. The largest absolute Gasteiger partial charge is 0.497 e. The van der Waals surface area contributed by atoms with Crippen molar-refractivity contribution in [1.82, 2.24) is 0 Å². The molecule has 2 aromatic rings. The number of hydrogen-bond acceptors (Lipinski definition) is 3. The highest BCUT2D eigenvalue weighted by Crippen LogP contribution is 2.34. The Bertz CT molecular complexity index is 558. The molecule has 102 valence electrons. The van der Waals surface area contributed by atoms with Crippen molar-refractivity contribution in [2.75, 3.05) is 7.11 Å². The van der Waals surface area contributed by atoms with Gasteiger partial charge in [-0.05, 0) is 23.4 Å². The summed E-state index contributed by atoms with van der Waals surface area (Å²) in [6.07, 6.45) is -0.587. The summed E-state index contributed by atoms with van der Waals surface area (Å²) in [5, 5.41) is 12.0. The third-order valence-electron chi connectivity index (χ3n) is 2.97. The van der Waals surface area contributed by atoms with E-state index in [4.69, 9.17) is 4.74 Å². The van der Waals surface area contributed by atoms with E-state index in [0.717, 1.165) is 17.7 Å². The summed E-state index contributed by atoms with van der Waals surface area (Å²) in [6.45, 7) is 1.93. The van der Waals surface area contributed by atoms with Gasteiger partial charge in [-0.15, -0.1) is 11.3 Å². The molecule has 2 nitrogen and oxygen atoms in total. The zero-order valence-electron chi connectivity index (χ0n) is 10.6. The summed E-state index contributed by atoms with van der Waals surface area (Å²) in [4.78, 5) is 0.575. The first-order chi connectivity index (χ1) is 9.08. The summed E-state index contributed by atoms with van der Waals surface area (Å²) < 4.78 is 32.6. The van der Waals surface area contributed by atoms with Crippen LogP contribution in [0.4, 0.5) is 8.78 Å². The van der Waals surface area contributed by atoms with Gasteiger partial charge < -0.3 is 9.84 Å². The molecular formula is C14H14F2O2S. The fourth-order valence-corrected chi connectivity index (χ4v) is 2.94. The maximum Gasteiger partial charge on any atom is 0.136 e. The van der Waals surface area contributed by atoms with Gasteiger partial charge in [-0.2, -0.15) is 0 Å². The van der Waals surface area contributed by atoms with Crippen molar-refractivity contribution in [2.24, 2.45) is 0 Å². The number of aryl methyl sites for hydroxylation is 1. The van der Waals surface area contributed by atoms with E-state index in [-0.39, 0.29) is 11.3 Å². The first kappa shape index (κ1) is 14.0. The number of aliphatic hydroxyl groups excluding tert-OH is 1.